The summed E-state index contributed by atoms with van der Waals surface area (Å²) in [6.45, 7) is 5.57. The molecule has 1 N–H and O–H groups in total. The van der Waals surface area contributed by atoms with E-state index >= 15 is 0 Å². The molecule has 0 heterocycles. The fourth-order valence-corrected chi connectivity index (χ4v) is 2.13. The highest BCUT2D eigenvalue weighted by Crippen LogP contribution is 2.41. The summed E-state index contributed by atoms with van der Waals surface area (Å²) in [6.07, 6.45) is 1.27. The molecule has 0 spiro atoms. The lowest BCUT2D eigenvalue weighted by Crippen LogP contribution is -2.40. The Kier molecular flexibility index (Phi) is 4.69. The minimum Gasteiger partial charge on any atom is -0.511 e. The monoisotopic (exact) mass is 269 g/mol. The van der Waals surface area contributed by atoms with Gasteiger partial charge in [0.05, 0.1) is 18.9 Å². The summed E-state index contributed by atoms with van der Waals surface area (Å²) in [5, 5.41) is 13.7. The number of rotatable bonds is 4. The third-order valence-corrected chi connectivity index (χ3v) is 3.07. The predicted octanol–water partition coefficient (Wildman–Crippen LogP) is 1.61. The molecule has 1 aliphatic rings. The van der Waals surface area contributed by atoms with Crippen molar-refractivity contribution < 1.29 is 24.3 Å². The molecule has 0 saturated heterocycles. The lowest BCUT2D eigenvalue weighted by molar-refractivity contribution is -0.150. The van der Waals surface area contributed by atoms with Crippen molar-refractivity contribution >= 4 is 18.0 Å². The number of esters is 1. The molecule has 1 atom stereocenters. The molecular weight excluding hydrogens is 250 g/mol. The summed E-state index contributed by atoms with van der Waals surface area (Å²) in [5.74, 6) is -2.03. The summed E-state index contributed by atoms with van der Waals surface area (Å²) in [7, 11) is 1.25. The second-order valence-corrected chi connectivity index (χ2v) is 5.00. The van der Waals surface area contributed by atoms with E-state index in [-0.39, 0.29) is 23.5 Å². The highest BCUT2D eigenvalue weighted by atomic mass is 16.6. The Morgan fingerprint density at radius 3 is 2.74 bits per heavy atom. The molecule has 0 radical (unpaired) electrons. The first kappa shape index (κ1) is 15.2. The lowest BCUT2D eigenvalue weighted by atomic mass is 9.68. The summed E-state index contributed by atoms with van der Waals surface area (Å²) in [5.41, 5.74) is -0.694. The van der Waals surface area contributed by atoms with E-state index in [1.54, 1.807) is 20.8 Å². The van der Waals surface area contributed by atoms with Crippen molar-refractivity contribution in [3.8, 4) is 0 Å². The normalized spacial score (nSPS) is 22.7. The van der Waals surface area contributed by atoms with Gasteiger partial charge in [0, 0.05) is 6.42 Å². The third-order valence-electron chi connectivity index (χ3n) is 3.07. The van der Waals surface area contributed by atoms with Crippen LogP contribution in [0.15, 0.2) is 16.5 Å². The van der Waals surface area contributed by atoms with E-state index < -0.39 is 17.3 Å². The number of methoxy groups -OCH3 is 1. The van der Waals surface area contributed by atoms with E-state index in [0.717, 1.165) is 6.21 Å². The van der Waals surface area contributed by atoms with Gasteiger partial charge in [-0.3, -0.25) is 9.59 Å². The summed E-state index contributed by atoms with van der Waals surface area (Å²) in [6, 6.07) is 0. The van der Waals surface area contributed by atoms with Crippen molar-refractivity contribution in [2.24, 2.45) is 16.5 Å². The first-order valence-corrected chi connectivity index (χ1v) is 6.04. The van der Waals surface area contributed by atoms with E-state index in [1.165, 1.54) is 7.11 Å². The summed E-state index contributed by atoms with van der Waals surface area (Å²) < 4.78 is 4.68. The molecule has 19 heavy (non-hydrogen) atoms. The number of aliphatic hydroxyl groups excluding tert-OH is 1. The standard InChI is InChI=1S/C13H19NO5/c1-5-19-14-7-8-9(15)6-13(2,3)10(11(8)16)12(17)18-4/h7,10,16H,5-6H2,1-4H3/b14-7+/t10-/m0/s1. The van der Waals surface area contributed by atoms with E-state index in [1.807, 2.05) is 0 Å². The Hall–Kier alpha value is -1.85. The van der Waals surface area contributed by atoms with Crippen LogP contribution in [0.2, 0.25) is 0 Å². The molecule has 0 aromatic carbocycles. The van der Waals surface area contributed by atoms with Gasteiger partial charge in [-0.05, 0) is 12.3 Å². The fourth-order valence-electron chi connectivity index (χ4n) is 2.13. The number of ether oxygens (including phenoxy) is 1. The first-order valence-electron chi connectivity index (χ1n) is 6.04. The molecule has 0 aromatic heterocycles. The van der Waals surface area contributed by atoms with Gasteiger partial charge < -0.3 is 14.7 Å². The van der Waals surface area contributed by atoms with Gasteiger partial charge in [-0.25, -0.2) is 0 Å². The number of Topliss-reactive ketones (excluding diaryl/α,β-unsaturated/α-hetero) is 1. The van der Waals surface area contributed by atoms with Crippen LogP contribution in [-0.2, 0) is 19.2 Å². The van der Waals surface area contributed by atoms with Gasteiger partial charge in [0.1, 0.15) is 18.3 Å². The second kappa shape index (κ2) is 5.86. The minimum absolute atomic E-state index is 0.00294. The topological polar surface area (TPSA) is 85.2 Å². The van der Waals surface area contributed by atoms with Crippen molar-refractivity contribution in [1.82, 2.24) is 0 Å². The van der Waals surface area contributed by atoms with Gasteiger partial charge in [-0.15, -0.1) is 0 Å². The van der Waals surface area contributed by atoms with Crippen LogP contribution >= 0.6 is 0 Å². The number of hydrogen-bond donors (Lipinski definition) is 1. The molecule has 6 heteroatoms. The van der Waals surface area contributed by atoms with E-state index in [4.69, 9.17) is 4.84 Å². The maximum absolute atomic E-state index is 12.0. The Morgan fingerprint density at radius 2 is 2.21 bits per heavy atom. The van der Waals surface area contributed by atoms with Gasteiger partial charge in [0.25, 0.3) is 0 Å². The van der Waals surface area contributed by atoms with Crippen molar-refractivity contribution in [3.05, 3.63) is 11.3 Å². The van der Waals surface area contributed by atoms with Crippen LogP contribution in [0.4, 0.5) is 0 Å². The van der Waals surface area contributed by atoms with Crippen molar-refractivity contribution in [2.45, 2.75) is 27.2 Å². The molecule has 0 amide bonds. The molecule has 0 unspecified atom stereocenters. The van der Waals surface area contributed by atoms with Gasteiger partial charge >= 0.3 is 5.97 Å². The molecule has 0 bridgehead atoms. The number of ketones is 1. The molecule has 0 saturated carbocycles. The molecule has 0 aliphatic heterocycles. The first-order chi connectivity index (χ1) is 8.85. The Labute approximate surface area is 112 Å². The number of carbonyl (C=O) groups is 2. The predicted molar refractivity (Wildman–Crippen MR) is 68.7 cm³/mol. The summed E-state index contributed by atoms with van der Waals surface area (Å²) in [4.78, 5) is 28.5. The number of hydrogen-bond acceptors (Lipinski definition) is 6. The van der Waals surface area contributed by atoms with Gasteiger partial charge in [-0.1, -0.05) is 19.0 Å². The Bertz CT molecular complexity index is 436. The smallest absolute Gasteiger partial charge is 0.316 e. The number of nitrogens with zero attached hydrogens (tertiary/aromatic N) is 1. The molecule has 1 rings (SSSR count). The van der Waals surface area contributed by atoms with Crippen LogP contribution in [0.1, 0.15) is 27.2 Å². The van der Waals surface area contributed by atoms with Crippen molar-refractivity contribution in [1.29, 1.82) is 0 Å². The van der Waals surface area contributed by atoms with E-state index in [0.29, 0.717) is 6.61 Å². The minimum atomic E-state index is -0.877. The highest BCUT2D eigenvalue weighted by Gasteiger charge is 2.46. The average Bonchev–Trinajstić information content (AvgIpc) is 2.31. The molecule has 1 aliphatic carbocycles. The number of allylic oxidation sites excluding steroid dienone is 1. The second-order valence-electron chi connectivity index (χ2n) is 5.00. The number of carbonyl (C=O) groups excluding carboxylic acids is 2. The quantitative estimate of drug-likeness (QED) is 0.476. The molecule has 106 valence electrons. The zero-order chi connectivity index (χ0) is 14.6. The van der Waals surface area contributed by atoms with E-state index in [9.17, 15) is 14.7 Å². The Balaban J connectivity index is 3.19. The van der Waals surface area contributed by atoms with Crippen LogP contribution in [0.3, 0.4) is 0 Å². The van der Waals surface area contributed by atoms with Crippen LogP contribution < -0.4 is 0 Å². The van der Waals surface area contributed by atoms with Crippen LogP contribution in [0, 0.1) is 11.3 Å². The number of oxime groups is 1. The van der Waals surface area contributed by atoms with Crippen LogP contribution in [-0.4, -0.2) is 36.8 Å². The zero-order valence-electron chi connectivity index (χ0n) is 11.6. The molecule has 6 nitrogen and oxygen atoms in total. The maximum Gasteiger partial charge on any atom is 0.316 e. The Morgan fingerprint density at radius 1 is 1.58 bits per heavy atom. The van der Waals surface area contributed by atoms with Gasteiger partial charge in [-0.2, -0.15) is 0 Å². The molecule has 0 aromatic rings. The van der Waals surface area contributed by atoms with Gasteiger partial charge in [0.2, 0.25) is 0 Å². The maximum atomic E-state index is 12.0. The van der Waals surface area contributed by atoms with Crippen LogP contribution in [0.5, 0.6) is 0 Å². The average molecular weight is 269 g/mol. The van der Waals surface area contributed by atoms with Crippen LogP contribution in [0.25, 0.3) is 0 Å². The molecular formula is C13H19NO5. The zero-order valence-corrected chi connectivity index (χ0v) is 11.6. The highest BCUT2D eigenvalue weighted by molar-refractivity contribution is 6.15. The third kappa shape index (κ3) is 3.13. The largest absolute Gasteiger partial charge is 0.511 e. The molecule has 0 fully saturated rings. The lowest BCUT2D eigenvalue weighted by Gasteiger charge is -2.35. The fraction of sp³-hybridized carbons (Fsp3) is 0.615. The van der Waals surface area contributed by atoms with Crippen molar-refractivity contribution in [2.75, 3.05) is 13.7 Å². The SMILES string of the molecule is CCO/N=C/C1=C(O)[C@@H](C(=O)OC)C(C)(C)CC1=O. The van der Waals surface area contributed by atoms with E-state index in [2.05, 4.69) is 9.89 Å². The van der Waals surface area contributed by atoms with Crippen molar-refractivity contribution in [3.63, 3.8) is 0 Å². The number of aliphatic hydroxyl groups is 1. The summed E-state index contributed by atoms with van der Waals surface area (Å²) >= 11 is 0. The van der Waals surface area contributed by atoms with Gasteiger partial charge in [0.15, 0.2) is 5.78 Å².